The van der Waals surface area contributed by atoms with Gasteiger partial charge < -0.3 is 15.4 Å². The van der Waals surface area contributed by atoms with E-state index in [1.807, 2.05) is 12.2 Å². The minimum atomic E-state index is -4.64. The molecule has 0 atom stereocenters. The zero-order chi connectivity index (χ0) is 18.4. The van der Waals surface area contributed by atoms with Crippen LogP contribution in [0.25, 0.3) is 0 Å². The third-order valence-corrected chi connectivity index (χ3v) is 3.11. The molecule has 0 saturated heterocycles. The lowest BCUT2D eigenvalue weighted by atomic mass is 10.1. The van der Waals surface area contributed by atoms with Crippen molar-refractivity contribution in [3.8, 4) is 5.75 Å². The number of benzene rings is 2. The first kappa shape index (κ1) is 18.3. The Kier molecular flexibility index (Phi) is 5.63. The van der Waals surface area contributed by atoms with Crippen LogP contribution in [-0.4, -0.2) is 18.4 Å². The van der Waals surface area contributed by atoms with Crippen LogP contribution in [0.3, 0.4) is 0 Å². The summed E-state index contributed by atoms with van der Waals surface area (Å²) in [5.41, 5.74) is -1.20. The average molecular weight is 352 g/mol. The van der Waals surface area contributed by atoms with E-state index in [1.54, 1.807) is 12.1 Å². The van der Waals surface area contributed by atoms with Gasteiger partial charge >= 0.3 is 18.0 Å². The maximum Gasteiger partial charge on any atom is 0.418 e. The van der Waals surface area contributed by atoms with E-state index in [2.05, 4.69) is 5.32 Å². The van der Waals surface area contributed by atoms with Crippen LogP contribution < -0.4 is 15.4 Å². The van der Waals surface area contributed by atoms with Gasteiger partial charge in [-0.1, -0.05) is 12.1 Å². The van der Waals surface area contributed by atoms with Crippen molar-refractivity contribution >= 4 is 23.2 Å². The van der Waals surface area contributed by atoms with Crippen molar-refractivity contribution in [2.45, 2.75) is 13.1 Å². The third-order valence-electron chi connectivity index (χ3n) is 3.11. The van der Waals surface area contributed by atoms with E-state index in [9.17, 15) is 22.8 Å². The fourth-order valence-corrected chi connectivity index (χ4v) is 2.01. The fraction of sp³-hybridized carbons (Fsp3) is 0.176. The lowest BCUT2D eigenvalue weighted by Crippen LogP contribution is -2.30. The topological polar surface area (TPSA) is 67.4 Å². The van der Waals surface area contributed by atoms with Crippen molar-refractivity contribution in [3.05, 3.63) is 54.1 Å². The van der Waals surface area contributed by atoms with Crippen LogP contribution in [0.2, 0.25) is 0 Å². The molecular formula is C17H15F3N2O3. The Labute approximate surface area is 141 Å². The van der Waals surface area contributed by atoms with Crippen LogP contribution in [-0.2, 0) is 15.8 Å². The van der Waals surface area contributed by atoms with Gasteiger partial charge in [-0.05, 0) is 43.3 Å². The number of carbonyl (C=O) groups excluding carboxylic acids is 2. The smallest absolute Gasteiger partial charge is 0.418 e. The Morgan fingerprint density at radius 2 is 1.56 bits per heavy atom. The van der Waals surface area contributed by atoms with Gasteiger partial charge in [0, 0.05) is 5.69 Å². The Hall–Kier alpha value is -3.03. The molecule has 0 radical (unpaired) electrons. The normalized spacial score (nSPS) is 10.9. The molecule has 0 saturated carbocycles. The number of hydrogen-bond acceptors (Lipinski definition) is 3. The molecule has 0 aliphatic carbocycles. The number of para-hydroxylation sites is 1. The summed E-state index contributed by atoms with van der Waals surface area (Å²) in [6, 6.07) is 10.6. The lowest BCUT2D eigenvalue weighted by molar-refractivity contribution is -0.137. The van der Waals surface area contributed by atoms with Gasteiger partial charge in [0.2, 0.25) is 0 Å². The molecule has 25 heavy (non-hydrogen) atoms. The second kappa shape index (κ2) is 7.69. The number of rotatable bonds is 4. The van der Waals surface area contributed by atoms with Crippen LogP contribution in [0.4, 0.5) is 24.5 Å². The van der Waals surface area contributed by atoms with Crippen LogP contribution in [0.15, 0.2) is 48.5 Å². The molecule has 0 heterocycles. The highest BCUT2D eigenvalue weighted by molar-refractivity contribution is 6.43. The molecule has 8 heteroatoms. The molecule has 0 bridgehead atoms. The zero-order valence-corrected chi connectivity index (χ0v) is 13.2. The highest BCUT2D eigenvalue weighted by Crippen LogP contribution is 2.34. The second-order valence-electron chi connectivity index (χ2n) is 4.91. The van der Waals surface area contributed by atoms with Gasteiger partial charge in [-0.15, -0.1) is 0 Å². The summed E-state index contributed by atoms with van der Waals surface area (Å²) in [4.78, 5) is 23.7. The summed E-state index contributed by atoms with van der Waals surface area (Å²) in [5, 5.41) is 4.27. The van der Waals surface area contributed by atoms with Gasteiger partial charge in [0.1, 0.15) is 5.75 Å². The third kappa shape index (κ3) is 4.97. The van der Waals surface area contributed by atoms with Crippen molar-refractivity contribution in [2.24, 2.45) is 0 Å². The lowest BCUT2D eigenvalue weighted by Gasteiger charge is -2.13. The van der Waals surface area contributed by atoms with E-state index in [-0.39, 0.29) is 0 Å². The first-order valence-corrected chi connectivity index (χ1v) is 7.32. The number of nitrogens with one attached hydrogen (secondary N) is 2. The highest BCUT2D eigenvalue weighted by Gasteiger charge is 2.34. The second-order valence-corrected chi connectivity index (χ2v) is 4.91. The first-order chi connectivity index (χ1) is 11.8. The minimum absolute atomic E-state index is 0.313. The molecule has 0 aliphatic heterocycles. The van der Waals surface area contributed by atoms with E-state index in [0.717, 1.165) is 12.1 Å². The molecule has 132 valence electrons. The quantitative estimate of drug-likeness (QED) is 0.825. The van der Waals surface area contributed by atoms with E-state index < -0.39 is 29.2 Å². The van der Waals surface area contributed by atoms with E-state index >= 15 is 0 Å². The molecule has 2 aromatic carbocycles. The fourth-order valence-electron chi connectivity index (χ4n) is 2.01. The summed E-state index contributed by atoms with van der Waals surface area (Å²) in [6.45, 7) is 2.30. The molecule has 2 N–H and O–H groups in total. The summed E-state index contributed by atoms with van der Waals surface area (Å²) in [5.74, 6) is -1.70. The molecule has 0 aromatic heterocycles. The Balaban J connectivity index is 2.05. The zero-order valence-electron chi connectivity index (χ0n) is 13.2. The molecule has 0 fully saturated rings. The van der Waals surface area contributed by atoms with Crippen LogP contribution in [0, 0.1) is 0 Å². The van der Waals surface area contributed by atoms with E-state index in [4.69, 9.17) is 4.74 Å². The molecular weight excluding hydrogens is 337 g/mol. The highest BCUT2D eigenvalue weighted by atomic mass is 19.4. The van der Waals surface area contributed by atoms with Gasteiger partial charge in [-0.2, -0.15) is 13.2 Å². The van der Waals surface area contributed by atoms with E-state index in [0.29, 0.717) is 18.0 Å². The van der Waals surface area contributed by atoms with Gasteiger partial charge in [0.15, 0.2) is 0 Å². The van der Waals surface area contributed by atoms with Crippen molar-refractivity contribution < 1.29 is 27.5 Å². The minimum Gasteiger partial charge on any atom is -0.494 e. The Morgan fingerprint density at radius 1 is 0.960 bits per heavy atom. The summed E-state index contributed by atoms with van der Waals surface area (Å²) < 4.78 is 43.9. The summed E-state index contributed by atoms with van der Waals surface area (Å²) in [6.07, 6.45) is -4.64. The summed E-state index contributed by atoms with van der Waals surface area (Å²) in [7, 11) is 0. The Bertz CT molecular complexity index is 758. The average Bonchev–Trinajstić information content (AvgIpc) is 2.56. The van der Waals surface area contributed by atoms with Crippen molar-refractivity contribution in [1.82, 2.24) is 0 Å². The standard InChI is InChI=1S/C17H15F3N2O3/c1-2-25-12-9-7-11(8-10-12)21-15(23)16(24)22-14-6-4-3-5-13(14)17(18,19)20/h3-10H,2H2,1H3,(H,21,23)(H,22,24). The molecule has 5 nitrogen and oxygen atoms in total. The molecule has 2 amide bonds. The first-order valence-electron chi connectivity index (χ1n) is 7.32. The molecule has 2 rings (SSSR count). The number of carbonyl (C=O) groups is 2. The molecule has 0 unspecified atom stereocenters. The van der Waals surface area contributed by atoms with Gasteiger partial charge in [-0.25, -0.2) is 0 Å². The number of anilines is 2. The number of ether oxygens (including phenoxy) is 1. The van der Waals surface area contributed by atoms with Crippen LogP contribution >= 0.6 is 0 Å². The predicted octanol–water partition coefficient (Wildman–Crippen LogP) is 3.68. The maximum atomic E-state index is 12.9. The van der Waals surface area contributed by atoms with Gasteiger partial charge in [0.05, 0.1) is 17.9 Å². The molecule has 2 aromatic rings. The number of alkyl halides is 3. The number of amides is 2. The predicted molar refractivity (Wildman–Crippen MR) is 86.3 cm³/mol. The maximum absolute atomic E-state index is 12.9. The monoisotopic (exact) mass is 352 g/mol. The molecule has 0 spiro atoms. The Morgan fingerprint density at radius 3 is 2.16 bits per heavy atom. The number of hydrogen-bond donors (Lipinski definition) is 2. The number of halogens is 3. The van der Waals surface area contributed by atoms with Crippen LogP contribution in [0.1, 0.15) is 12.5 Å². The van der Waals surface area contributed by atoms with Crippen molar-refractivity contribution in [2.75, 3.05) is 17.2 Å². The molecule has 0 aliphatic rings. The summed E-state index contributed by atoms with van der Waals surface area (Å²) >= 11 is 0. The van der Waals surface area contributed by atoms with Gasteiger partial charge in [-0.3, -0.25) is 9.59 Å². The van der Waals surface area contributed by atoms with Crippen molar-refractivity contribution in [3.63, 3.8) is 0 Å². The van der Waals surface area contributed by atoms with E-state index in [1.165, 1.54) is 24.3 Å². The van der Waals surface area contributed by atoms with Gasteiger partial charge in [0.25, 0.3) is 0 Å². The SMILES string of the molecule is CCOc1ccc(NC(=O)C(=O)Nc2ccccc2C(F)(F)F)cc1. The van der Waals surface area contributed by atoms with Crippen molar-refractivity contribution in [1.29, 1.82) is 0 Å². The van der Waals surface area contributed by atoms with Crippen LogP contribution in [0.5, 0.6) is 5.75 Å². The largest absolute Gasteiger partial charge is 0.494 e.